The minimum atomic E-state index is -0.159. The zero-order chi connectivity index (χ0) is 19.2. The van der Waals surface area contributed by atoms with Crippen LogP contribution in [0.25, 0.3) is 0 Å². The van der Waals surface area contributed by atoms with E-state index in [9.17, 15) is 9.59 Å². The quantitative estimate of drug-likeness (QED) is 0.830. The first kappa shape index (κ1) is 19.5. The summed E-state index contributed by atoms with van der Waals surface area (Å²) in [5.41, 5.74) is 2.54. The third-order valence-corrected chi connectivity index (χ3v) is 3.98. The lowest BCUT2D eigenvalue weighted by molar-refractivity contribution is -0.116. The molecule has 5 nitrogen and oxygen atoms in total. The maximum atomic E-state index is 12.0. The van der Waals surface area contributed by atoms with Gasteiger partial charge in [-0.05, 0) is 47.4 Å². The van der Waals surface area contributed by atoms with Gasteiger partial charge in [0.1, 0.15) is 5.75 Å². The summed E-state index contributed by atoms with van der Waals surface area (Å²) < 4.78 is 5.63. The summed E-state index contributed by atoms with van der Waals surface area (Å²) in [4.78, 5) is 23.5. The Balaban J connectivity index is 1.79. The first-order valence-electron chi connectivity index (χ1n) is 8.65. The van der Waals surface area contributed by atoms with E-state index in [-0.39, 0.29) is 23.7 Å². The summed E-state index contributed by atoms with van der Waals surface area (Å²) >= 11 is 0. The SMILES string of the molecule is CNC(=O)c1ccc(NC(=O)CCOc2ccc(C(C)(C)C)cc2)cc1. The highest BCUT2D eigenvalue weighted by molar-refractivity contribution is 5.95. The molecule has 0 aliphatic rings. The maximum Gasteiger partial charge on any atom is 0.251 e. The van der Waals surface area contributed by atoms with E-state index in [1.165, 1.54) is 5.56 Å². The van der Waals surface area contributed by atoms with Crippen molar-refractivity contribution in [3.8, 4) is 5.75 Å². The standard InChI is InChI=1S/C21H26N2O3/c1-21(2,3)16-7-11-18(12-8-16)26-14-13-19(24)23-17-9-5-15(6-10-17)20(25)22-4/h5-12H,13-14H2,1-4H3,(H,22,25)(H,23,24). The number of benzene rings is 2. The van der Waals surface area contributed by atoms with Gasteiger partial charge in [-0.15, -0.1) is 0 Å². The van der Waals surface area contributed by atoms with Crippen molar-refractivity contribution in [2.24, 2.45) is 0 Å². The number of nitrogens with one attached hydrogen (secondary N) is 2. The van der Waals surface area contributed by atoms with Crippen molar-refractivity contribution in [2.45, 2.75) is 32.6 Å². The highest BCUT2D eigenvalue weighted by atomic mass is 16.5. The molecule has 0 spiro atoms. The fourth-order valence-electron chi connectivity index (χ4n) is 2.39. The van der Waals surface area contributed by atoms with Crippen LogP contribution < -0.4 is 15.4 Å². The number of carbonyl (C=O) groups excluding carboxylic acids is 2. The minimum absolute atomic E-state index is 0.103. The summed E-state index contributed by atoms with van der Waals surface area (Å²) in [6.07, 6.45) is 0.248. The topological polar surface area (TPSA) is 67.4 Å². The molecule has 0 heterocycles. The van der Waals surface area contributed by atoms with Gasteiger partial charge in [0.15, 0.2) is 0 Å². The molecule has 2 rings (SSSR count). The van der Waals surface area contributed by atoms with Gasteiger partial charge in [-0.3, -0.25) is 9.59 Å². The van der Waals surface area contributed by atoms with Crippen LogP contribution in [-0.4, -0.2) is 25.5 Å². The molecule has 0 fully saturated rings. The number of carbonyl (C=O) groups is 2. The lowest BCUT2D eigenvalue weighted by Crippen LogP contribution is -2.18. The normalized spacial score (nSPS) is 10.9. The number of hydrogen-bond donors (Lipinski definition) is 2. The lowest BCUT2D eigenvalue weighted by Gasteiger charge is -2.19. The second-order valence-corrected chi connectivity index (χ2v) is 7.08. The molecule has 0 saturated carbocycles. The summed E-state index contributed by atoms with van der Waals surface area (Å²) in [5.74, 6) is 0.457. The molecule has 138 valence electrons. The van der Waals surface area contributed by atoms with Crippen LogP contribution in [0.2, 0.25) is 0 Å². The summed E-state index contributed by atoms with van der Waals surface area (Å²) in [5, 5.41) is 5.34. The Kier molecular flexibility index (Phi) is 6.39. The van der Waals surface area contributed by atoms with Crippen molar-refractivity contribution in [1.29, 1.82) is 0 Å². The van der Waals surface area contributed by atoms with Crippen molar-refractivity contribution in [3.05, 3.63) is 59.7 Å². The monoisotopic (exact) mass is 354 g/mol. The third-order valence-electron chi connectivity index (χ3n) is 3.98. The fraction of sp³-hybridized carbons (Fsp3) is 0.333. The summed E-state index contributed by atoms with van der Waals surface area (Å²) in [6, 6.07) is 14.7. The van der Waals surface area contributed by atoms with Gasteiger partial charge in [-0.1, -0.05) is 32.9 Å². The minimum Gasteiger partial charge on any atom is -0.493 e. The Morgan fingerprint density at radius 1 is 0.962 bits per heavy atom. The number of hydrogen-bond acceptors (Lipinski definition) is 3. The van der Waals surface area contributed by atoms with Crippen LogP contribution in [0.3, 0.4) is 0 Å². The fourth-order valence-corrected chi connectivity index (χ4v) is 2.39. The summed E-state index contributed by atoms with van der Waals surface area (Å²) in [6.45, 7) is 6.79. The molecule has 0 aliphatic heterocycles. The van der Waals surface area contributed by atoms with E-state index in [4.69, 9.17) is 4.74 Å². The van der Waals surface area contributed by atoms with Gasteiger partial charge in [0.25, 0.3) is 5.91 Å². The molecule has 5 heteroatoms. The van der Waals surface area contributed by atoms with Crippen LogP contribution in [0, 0.1) is 0 Å². The second kappa shape index (κ2) is 8.52. The molecular weight excluding hydrogens is 328 g/mol. The smallest absolute Gasteiger partial charge is 0.251 e. The number of anilines is 1. The van der Waals surface area contributed by atoms with Crippen LogP contribution in [-0.2, 0) is 10.2 Å². The Hall–Kier alpha value is -2.82. The van der Waals surface area contributed by atoms with Crippen LogP contribution in [0.5, 0.6) is 5.75 Å². The Labute approximate surface area is 154 Å². The lowest BCUT2D eigenvalue weighted by atomic mass is 9.87. The van der Waals surface area contributed by atoms with Crippen LogP contribution in [0.4, 0.5) is 5.69 Å². The molecule has 0 bridgehead atoms. The Morgan fingerprint density at radius 3 is 2.12 bits per heavy atom. The number of amides is 2. The van der Waals surface area contributed by atoms with E-state index in [0.29, 0.717) is 17.9 Å². The predicted octanol–water partition coefficient (Wildman–Crippen LogP) is 3.75. The number of ether oxygens (including phenoxy) is 1. The first-order valence-corrected chi connectivity index (χ1v) is 8.65. The molecule has 0 aliphatic carbocycles. The van der Waals surface area contributed by atoms with Gasteiger partial charge in [-0.2, -0.15) is 0 Å². The van der Waals surface area contributed by atoms with Crippen LogP contribution in [0.1, 0.15) is 43.1 Å². The molecule has 2 aromatic carbocycles. The zero-order valence-electron chi connectivity index (χ0n) is 15.8. The molecule has 0 radical (unpaired) electrons. The maximum absolute atomic E-state index is 12.0. The van der Waals surface area contributed by atoms with Gasteiger partial charge in [-0.25, -0.2) is 0 Å². The molecule has 2 aromatic rings. The first-order chi connectivity index (χ1) is 12.3. The molecule has 0 aromatic heterocycles. The molecule has 2 N–H and O–H groups in total. The molecular formula is C21H26N2O3. The third kappa shape index (κ3) is 5.62. The molecule has 0 unspecified atom stereocenters. The Bertz CT molecular complexity index is 744. The second-order valence-electron chi connectivity index (χ2n) is 7.08. The Morgan fingerprint density at radius 2 is 1.58 bits per heavy atom. The van der Waals surface area contributed by atoms with E-state index < -0.39 is 0 Å². The van der Waals surface area contributed by atoms with Crippen molar-refractivity contribution in [3.63, 3.8) is 0 Å². The molecule has 0 atom stereocenters. The van der Waals surface area contributed by atoms with Gasteiger partial charge < -0.3 is 15.4 Å². The van der Waals surface area contributed by atoms with Gasteiger partial charge >= 0.3 is 0 Å². The van der Waals surface area contributed by atoms with Crippen molar-refractivity contribution in [1.82, 2.24) is 5.32 Å². The predicted molar refractivity (Wildman–Crippen MR) is 104 cm³/mol. The van der Waals surface area contributed by atoms with E-state index in [1.807, 2.05) is 24.3 Å². The van der Waals surface area contributed by atoms with E-state index in [2.05, 4.69) is 31.4 Å². The van der Waals surface area contributed by atoms with Crippen molar-refractivity contribution in [2.75, 3.05) is 19.0 Å². The largest absolute Gasteiger partial charge is 0.493 e. The van der Waals surface area contributed by atoms with Crippen LogP contribution >= 0.6 is 0 Å². The highest BCUT2D eigenvalue weighted by Gasteiger charge is 2.13. The highest BCUT2D eigenvalue weighted by Crippen LogP contribution is 2.24. The van der Waals surface area contributed by atoms with Gasteiger partial charge in [0.2, 0.25) is 5.91 Å². The van der Waals surface area contributed by atoms with Gasteiger partial charge in [0.05, 0.1) is 13.0 Å². The van der Waals surface area contributed by atoms with Crippen molar-refractivity contribution >= 4 is 17.5 Å². The van der Waals surface area contributed by atoms with E-state index >= 15 is 0 Å². The zero-order valence-corrected chi connectivity index (χ0v) is 15.8. The van der Waals surface area contributed by atoms with E-state index in [0.717, 1.165) is 5.75 Å². The molecule has 26 heavy (non-hydrogen) atoms. The summed E-state index contributed by atoms with van der Waals surface area (Å²) in [7, 11) is 1.58. The average molecular weight is 354 g/mol. The average Bonchev–Trinajstić information content (AvgIpc) is 2.61. The molecule has 2 amide bonds. The van der Waals surface area contributed by atoms with Gasteiger partial charge in [0, 0.05) is 18.3 Å². The molecule has 0 saturated heterocycles. The van der Waals surface area contributed by atoms with Crippen LogP contribution in [0.15, 0.2) is 48.5 Å². The number of rotatable bonds is 6. The van der Waals surface area contributed by atoms with Crippen molar-refractivity contribution < 1.29 is 14.3 Å². The van der Waals surface area contributed by atoms with E-state index in [1.54, 1.807) is 31.3 Å².